The number of aromatic nitrogens is 2. The quantitative estimate of drug-likeness (QED) is 0.814. The van der Waals surface area contributed by atoms with Gasteiger partial charge in [0.25, 0.3) is 5.91 Å². The van der Waals surface area contributed by atoms with Crippen LogP contribution in [0.25, 0.3) is 0 Å². The van der Waals surface area contributed by atoms with E-state index in [1.807, 2.05) is 42.3 Å². The molecule has 6 nitrogen and oxygen atoms in total. The zero-order chi connectivity index (χ0) is 18.6. The highest BCUT2D eigenvalue weighted by molar-refractivity contribution is 5.92. The Morgan fingerprint density at radius 3 is 2.63 bits per heavy atom. The fourth-order valence-electron chi connectivity index (χ4n) is 4.18. The maximum atomic E-state index is 13.3. The van der Waals surface area contributed by atoms with Crippen molar-refractivity contribution in [2.45, 2.75) is 38.5 Å². The molecular formula is C21H28N4O2. The first-order chi connectivity index (χ1) is 13.3. The molecule has 1 aromatic heterocycles. The predicted octanol–water partition coefficient (Wildman–Crippen LogP) is 2.58. The molecule has 2 aromatic rings. The number of carbonyl (C=O) groups is 1. The number of morpholine rings is 1. The molecule has 0 saturated carbocycles. The molecule has 0 bridgehead atoms. The molecule has 2 atom stereocenters. The fraction of sp³-hybridized carbons (Fsp3) is 0.524. The van der Waals surface area contributed by atoms with E-state index in [9.17, 15) is 4.79 Å². The Labute approximate surface area is 160 Å². The lowest BCUT2D eigenvalue weighted by atomic mass is 9.97. The second-order valence-electron chi connectivity index (χ2n) is 7.33. The Bertz CT molecular complexity index is 755. The number of carbonyl (C=O) groups excluding carboxylic acids is 1. The van der Waals surface area contributed by atoms with E-state index in [2.05, 4.69) is 22.1 Å². The normalized spacial score (nSPS) is 23.7. The molecule has 2 aliphatic rings. The van der Waals surface area contributed by atoms with Gasteiger partial charge in [0.1, 0.15) is 5.69 Å². The smallest absolute Gasteiger partial charge is 0.275 e. The van der Waals surface area contributed by atoms with Gasteiger partial charge in [-0.3, -0.25) is 9.48 Å². The van der Waals surface area contributed by atoms with E-state index in [0.717, 1.165) is 31.7 Å². The number of likely N-dealkylation sites (tertiary alicyclic amines) is 1. The van der Waals surface area contributed by atoms with Gasteiger partial charge in [-0.1, -0.05) is 30.3 Å². The summed E-state index contributed by atoms with van der Waals surface area (Å²) in [5, 5.41) is 4.43. The van der Waals surface area contributed by atoms with E-state index in [1.165, 1.54) is 12.8 Å². The van der Waals surface area contributed by atoms with E-state index >= 15 is 0 Å². The topological polar surface area (TPSA) is 50.6 Å². The maximum absolute atomic E-state index is 13.3. The minimum absolute atomic E-state index is 0.00854. The van der Waals surface area contributed by atoms with Gasteiger partial charge in [-0.05, 0) is 44.5 Å². The van der Waals surface area contributed by atoms with E-state index in [1.54, 1.807) is 4.68 Å². The van der Waals surface area contributed by atoms with Gasteiger partial charge in [-0.25, -0.2) is 0 Å². The van der Waals surface area contributed by atoms with Crippen LogP contribution < -0.4 is 0 Å². The van der Waals surface area contributed by atoms with Crippen LogP contribution in [0.2, 0.25) is 0 Å². The molecule has 0 unspecified atom stereocenters. The lowest BCUT2D eigenvalue weighted by molar-refractivity contribution is -0.0708. The summed E-state index contributed by atoms with van der Waals surface area (Å²) in [6.07, 6.45) is 4.35. The molecule has 144 valence electrons. The number of aryl methyl sites for hydroxylation is 1. The van der Waals surface area contributed by atoms with Crippen LogP contribution in [0.4, 0.5) is 0 Å². The molecule has 2 aliphatic heterocycles. The molecule has 0 aliphatic carbocycles. The van der Waals surface area contributed by atoms with Crippen molar-refractivity contribution < 1.29 is 9.53 Å². The average molecular weight is 368 g/mol. The Morgan fingerprint density at radius 1 is 1.15 bits per heavy atom. The first-order valence-electron chi connectivity index (χ1n) is 9.99. The molecule has 1 amide bonds. The van der Waals surface area contributed by atoms with Crippen LogP contribution in [0.1, 0.15) is 41.9 Å². The van der Waals surface area contributed by atoms with Crippen molar-refractivity contribution in [3.8, 4) is 0 Å². The van der Waals surface area contributed by atoms with Gasteiger partial charge in [0.15, 0.2) is 0 Å². The molecule has 27 heavy (non-hydrogen) atoms. The number of benzene rings is 1. The third kappa shape index (κ3) is 3.92. The summed E-state index contributed by atoms with van der Waals surface area (Å²) in [5.74, 6) is -0.00854. The molecule has 4 rings (SSSR count). The second-order valence-corrected chi connectivity index (χ2v) is 7.33. The van der Waals surface area contributed by atoms with Gasteiger partial charge in [0, 0.05) is 25.8 Å². The van der Waals surface area contributed by atoms with Gasteiger partial charge in [-0.2, -0.15) is 5.10 Å². The number of rotatable bonds is 5. The number of nitrogens with zero attached hydrogens (tertiary/aromatic N) is 4. The SMILES string of the molecule is CCn1ccc(C(=O)N2CCO[C@@H](CN3CCCC3)[C@@H]2c2ccccc2)n1. The van der Waals surface area contributed by atoms with Crippen LogP contribution in [0, 0.1) is 0 Å². The maximum Gasteiger partial charge on any atom is 0.275 e. The van der Waals surface area contributed by atoms with E-state index < -0.39 is 0 Å². The summed E-state index contributed by atoms with van der Waals surface area (Å²) in [4.78, 5) is 17.7. The molecule has 6 heteroatoms. The van der Waals surface area contributed by atoms with Crippen molar-refractivity contribution in [2.75, 3.05) is 32.8 Å². The Morgan fingerprint density at radius 2 is 1.93 bits per heavy atom. The van der Waals surface area contributed by atoms with Gasteiger partial charge in [0.2, 0.25) is 0 Å². The molecular weight excluding hydrogens is 340 g/mol. The monoisotopic (exact) mass is 368 g/mol. The highest BCUT2D eigenvalue weighted by atomic mass is 16.5. The van der Waals surface area contributed by atoms with Crippen LogP contribution in [-0.2, 0) is 11.3 Å². The summed E-state index contributed by atoms with van der Waals surface area (Å²) in [6, 6.07) is 12.0. The van der Waals surface area contributed by atoms with Gasteiger partial charge >= 0.3 is 0 Å². The van der Waals surface area contributed by atoms with Crippen molar-refractivity contribution >= 4 is 5.91 Å². The van der Waals surface area contributed by atoms with Crippen LogP contribution >= 0.6 is 0 Å². The predicted molar refractivity (Wildman–Crippen MR) is 104 cm³/mol. The van der Waals surface area contributed by atoms with Crippen molar-refractivity contribution in [1.29, 1.82) is 0 Å². The number of hydrogen-bond donors (Lipinski definition) is 0. The second kappa shape index (κ2) is 8.23. The molecule has 1 aromatic carbocycles. The largest absolute Gasteiger partial charge is 0.373 e. The van der Waals surface area contributed by atoms with E-state index in [-0.39, 0.29) is 18.1 Å². The molecule has 0 N–H and O–H groups in total. The number of hydrogen-bond acceptors (Lipinski definition) is 4. The highest BCUT2D eigenvalue weighted by Gasteiger charge is 2.38. The Hall–Kier alpha value is -2.18. The first-order valence-corrected chi connectivity index (χ1v) is 9.99. The van der Waals surface area contributed by atoms with Crippen molar-refractivity contribution in [2.24, 2.45) is 0 Å². The third-order valence-electron chi connectivity index (χ3n) is 5.57. The van der Waals surface area contributed by atoms with Gasteiger partial charge in [-0.15, -0.1) is 0 Å². The number of ether oxygens (including phenoxy) is 1. The minimum Gasteiger partial charge on any atom is -0.373 e. The summed E-state index contributed by atoms with van der Waals surface area (Å²) >= 11 is 0. The lowest BCUT2D eigenvalue weighted by Gasteiger charge is -2.42. The highest BCUT2D eigenvalue weighted by Crippen LogP contribution is 2.32. The lowest BCUT2D eigenvalue weighted by Crippen LogP contribution is -2.51. The molecule has 2 fully saturated rings. The Kier molecular flexibility index (Phi) is 5.55. The molecule has 2 saturated heterocycles. The van der Waals surface area contributed by atoms with Crippen LogP contribution in [0.15, 0.2) is 42.6 Å². The summed E-state index contributed by atoms with van der Waals surface area (Å²) in [5.41, 5.74) is 1.64. The van der Waals surface area contributed by atoms with Crippen molar-refractivity contribution in [1.82, 2.24) is 19.6 Å². The van der Waals surface area contributed by atoms with Crippen LogP contribution in [-0.4, -0.2) is 64.4 Å². The van der Waals surface area contributed by atoms with E-state index in [4.69, 9.17) is 4.74 Å². The molecule has 3 heterocycles. The van der Waals surface area contributed by atoms with Crippen molar-refractivity contribution in [3.63, 3.8) is 0 Å². The summed E-state index contributed by atoms with van der Waals surface area (Å²) in [6.45, 7) is 7.06. The fourth-order valence-corrected chi connectivity index (χ4v) is 4.18. The van der Waals surface area contributed by atoms with E-state index in [0.29, 0.717) is 18.8 Å². The molecule has 0 radical (unpaired) electrons. The standard InChI is InChI=1S/C21H28N4O2/c1-2-24-13-10-18(22-24)21(26)25-14-15-27-19(16-23-11-6-7-12-23)20(25)17-8-4-3-5-9-17/h3-5,8-10,13,19-20H,2,6-7,11-12,14-16H2,1H3/t19-,20-/m0/s1. The zero-order valence-electron chi connectivity index (χ0n) is 16.0. The first kappa shape index (κ1) is 18.2. The summed E-state index contributed by atoms with van der Waals surface area (Å²) < 4.78 is 7.99. The third-order valence-corrected chi connectivity index (χ3v) is 5.57. The Balaban J connectivity index is 1.62. The van der Waals surface area contributed by atoms with Crippen molar-refractivity contribution in [3.05, 3.63) is 53.9 Å². The zero-order valence-corrected chi connectivity index (χ0v) is 16.0. The molecule has 0 spiro atoms. The van der Waals surface area contributed by atoms with Gasteiger partial charge in [0.05, 0.1) is 18.8 Å². The van der Waals surface area contributed by atoms with Gasteiger partial charge < -0.3 is 14.5 Å². The van der Waals surface area contributed by atoms with Crippen LogP contribution in [0.3, 0.4) is 0 Å². The number of amides is 1. The van der Waals surface area contributed by atoms with Crippen LogP contribution in [0.5, 0.6) is 0 Å². The average Bonchev–Trinajstić information content (AvgIpc) is 3.40. The minimum atomic E-state index is -0.0835. The summed E-state index contributed by atoms with van der Waals surface area (Å²) in [7, 11) is 0.